The molecule has 1 aliphatic heterocycles. The lowest BCUT2D eigenvalue weighted by Crippen LogP contribution is -2.43. The summed E-state index contributed by atoms with van der Waals surface area (Å²) in [5, 5.41) is 18.0. The number of fused-ring (bicyclic) bond motifs is 1. The molecule has 0 spiro atoms. The van der Waals surface area contributed by atoms with Crippen molar-refractivity contribution in [3.05, 3.63) is 58.8 Å². The van der Waals surface area contributed by atoms with Crippen molar-refractivity contribution in [1.29, 1.82) is 0 Å². The number of aliphatic carboxylic acids is 1. The second kappa shape index (κ2) is 12.7. The smallest absolute Gasteiger partial charge is 0.326 e. The van der Waals surface area contributed by atoms with E-state index in [0.717, 1.165) is 61.3 Å². The monoisotopic (exact) mass is 466 g/mol. The zero-order chi connectivity index (χ0) is 24.3. The van der Waals surface area contributed by atoms with Crippen LogP contribution in [0.4, 0.5) is 5.82 Å². The number of aryl methyl sites for hydroxylation is 3. The van der Waals surface area contributed by atoms with Crippen molar-refractivity contribution >= 4 is 23.6 Å². The number of nitrogens with one attached hydrogen (secondary N) is 3. The lowest BCUT2D eigenvalue weighted by Gasteiger charge is -2.17. The number of amides is 2. The van der Waals surface area contributed by atoms with Crippen LogP contribution in [0.3, 0.4) is 0 Å². The minimum atomic E-state index is -1.11. The summed E-state index contributed by atoms with van der Waals surface area (Å²) in [4.78, 5) is 40.5. The molecule has 8 heteroatoms. The molecular formula is C26H34N4O4. The first-order valence-corrected chi connectivity index (χ1v) is 12.0. The zero-order valence-electron chi connectivity index (χ0n) is 19.7. The number of carboxylic acid groups (broad SMARTS) is 1. The van der Waals surface area contributed by atoms with Crippen LogP contribution >= 0.6 is 0 Å². The van der Waals surface area contributed by atoms with E-state index in [4.69, 9.17) is 0 Å². The van der Waals surface area contributed by atoms with Gasteiger partial charge in [-0.05, 0) is 62.6 Å². The Labute approximate surface area is 200 Å². The Morgan fingerprint density at radius 1 is 1.09 bits per heavy atom. The van der Waals surface area contributed by atoms with Crippen LogP contribution < -0.4 is 16.0 Å². The Balaban J connectivity index is 1.32. The molecule has 2 amide bonds. The number of benzene rings is 1. The third-order valence-corrected chi connectivity index (χ3v) is 5.91. The van der Waals surface area contributed by atoms with Crippen LogP contribution in [0.5, 0.6) is 0 Å². The molecule has 8 nitrogen and oxygen atoms in total. The lowest BCUT2D eigenvalue weighted by atomic mass is 10.1. The summed E-state index contributed by atoms with van der Waals surface area (Å²) in [5.41, 5.74) is 4.21. The van der Waals surface area contributed by atoms with Gasteiger partial charge in [-0.2, -0.15) is 0 Å². The predicted molar refractivity (Wildman–Crippen MR) is 131 cm³/mol. The van der Waals surface area contributed by atoms with E-state index in [9.17, 15) is 19.5 Å². The van der Waals surface area contributed by atoms with Gasteiger partial charge in [0.2, 0.25) is 11.8 Å². The van der Waals surface area contributed by atoms with Crippen LogP contribution in [0.25, 0.3) is 0 Å². The predicted octanol–water partition coefficient (Wildman–Crippen LogP) is 2.78. The van der Waals surface area contributed by atoms with E-state index in [1.54, 1.807) is 0 Å². The molecule has 34 heavy (non-hydrogen) atoms. The Bertz CT molecular complexity index is 991. The summed E-state index contributed by atoms with van der Waals surface area (Å²) in [6.45, 7) is 3.12. The van der Waals surface area contributed by atoms with Crippen molar-refractivity contribution in [2.75, 3.05) is 18.4 Å². The van der Waals surface area contributed by atoms with Crippen LogP contribution in [-0.2, 0) is 33.6 Å². The number of hydrogen-bond donors (Lipinski definition) is 4. The number of nitrogens with zero attached hydrogens (tertiary/aromatic N) is 1. The first-order valence-electron chi connectivity index (χ1n) is 12.0. The molecule has 1 aliphatic rings. The highest BCUT2D eigenvalue weighted by molar-refractivity contribution is 5.85. The van der Waals surface area contributed by atoms with Crippen LogP contribution in [0.15, 0.2) is 36.4 Å². The highest BCUT2D eigenvalue weighted by Crippen LogP contribution is 2.20. The van der Waals surface area contributed by atoms with E-state index in [0.29, 0.717) is 6.42 Å². The average molecular weight is 467 g/mol. The second-order valence-electron chi connectivity index (χ2n) is 8.81. The number of anilines is 1. The van der Waals surface area contributed by atoms with Crippen LogP contribution in [-0.4, -0.2) is 47.0 Å². The fraction of sp³-hybridized carbons (Fsp3) is 0.462. The van der Waals surface area contributed by atoms with Gasteiger partial charge >= 0.3 is 5.97 Å². The molecular weight excluding hydrogens is 432 g/mol. The van der Waals surface area contributed by atoms with Gasteiger partial charge in [0.1, 0.15) is 11.9 Å². The molecule has 2 aromatic rings. The first-order chi connectivity index (χ1) is 16.4. The third-order valence-electron chi connectivity index (χ3n) is 5.91. The van der Waals surface area contributed by atoms with Crippen molar-refractivity contribution < 1.29 is 19.5 Å². The van der Waals surface area contributed by atoms with Crippen molar-refractivity contribution in [3.63, 3.8) is 0 Å². The minimum absolute atomic E-state index is 0.116. The van der Waals surface area contributed by atoms with Gasteiger partial charge in [0.25, 0.3) is 0 Å². The molecule has 2 heterocycles. The Morgan fingerprint density at radius 3 is 2.65 bits per heavy atom. The van der Waals surface area contributed by atoms with E-state index in [-0.39, 0.29) is 31.2 Å². The summed E-state index contributed by atoms with van der Waals surface area (Å²) >= 11 is 0. The molecule has 0 saturated heterocycles. The normalized spacial score (nSPS) is 13.3. The van der Waals surface area contributed by atoms with E-state index in [1.807, 2.05) is 31.2 Å². The largest absolute Gasteiger partial charge is 0.480 e. The number of hydrogen-bond acceptors (Lipinski definition) is 5. The van der Waals surface area contributed by atoms with Gasteiger partial charge in [-0.1, -0.05) is 35.9 Å². The number of unbranched alkanes of at least 4 members (excludes halogenated alkanes) is 1. The first kappa shape index (κ1) is 25.2. The maximum absolute atomic E-state index is 12.2. The molecule has 4 N–H and O–H groups in total. The standard InChI is InChI=1S/C26H34N4O4/c1-18-8-10-19(11-9-18)17-24(32)30-22(26(33)34)14-16-27-23(31)7-3-2-6-21-13-12-20-5-4-15-28-25(20)29-21/h8-13,22H,2-7,14-17H2,1H3,(H,27,31)(H,28,29)(H,30,32)(H,33,34). The molecule has 0 aliphatic carbocycles. The third kappa shape index (κ3) is 8.17. The molecule has 0 bridgehead atoms. The summed E-state index contributed by atoms with van der Waals surface area (Å²) in [7, 11) is 0. The van der Waals surface area contributed by atoms with Gasteiger partial charge in [-0.15, -0.1) is 0 Å². The van der Waals surface area contributed by atoms with E-state index >= 15 is 0 Å². The van der Waals surface area contributed by atoms with Crippen LogP contribution in [0, 0.1) is 6.92 Å². The summed E-state index contributed by atoms with van der Waals surface area (Å²) in [6, 6.07) is 10.7. The summed E-state index contributed by atoms with van der Waals surface area (Å²) < 4.78 is 0. The van der Waals surface area contributed by atoms with Crippen molar-refractivity contribution in [3.8, 4) is 0 Å². The fourth-order valence-electron chi connectivity index (χ4n) is 3.94. The van der Waals surface area contributed by atoms with Crippen LogP contribution in [0.2, 0.25) is 0 Å². The maximum atomic E-state index is 12.2. The lowest BCUT2D eigenvalue weighted by molar-refractivity contribution is -0.142. The van der Waals surface area contributed by atoms with Crippen molar-refractivity contribution in [1.82, 2.24) is 15.6 Å². The molecule has 1 unspecified atom stereocenters. The van der Waals surface area contributed by atoms with Crippen molar-refractivity contribution in [2.24, 2.45) is 0 Å². The number of pyridine rings is 1. The topological polar surface area (TPSA) is 120 Å². The molecule has 1 aromatic heterocycles. The highest BCUT2D eigenvalue weighted by atomic mass is 16.4. The fourth-order valence-corrected chi connectivity index (χ4v) is 3.94. The zero-order valence-corrected chi connectivity index (χ0v) is 19.7. The maximum Gasteiger partial charge on any atom is 0.326 e. The van der Waals surface area contributed by atoms with Gasteiger partial charge < -0.3 is 21.1 Å². The molecule has 3 rings (SSSR count). The number of rotatable bonds is 12. The van der Waals surface area contributed by atoms with Gasteiger partial charge in [0.05, 0.1) is 6.42 Å². The van der Waals surface area contributed by atoms with E-state index in [2.05, 4.69) is 33.1 Å². The molecule has 1 atom stereocenters. The van der Waals surface area contributed by atoms with E-state index in [1.165, 1.54) is 5.56 Å². The second-order valence-corrected chi connectivity index (χ2v) is 8.81. The summed E-state index contributed by atoms with van der Waals surface area (Å²) in [6.07, 6.45) is 5.22. The number of carboxylic acids is 1. The van der Waals surface area contributed by atoms with E-state index < -0.39 is 12.0 Å². The number of aromatic nitrogens is 1. The highest BCUT2D eigenvalue weighted by Gasteiger charge is 2.20. The SMILES string of the molecule is Cc1ccc(CC(=O)NC(CCNC(=O)CCCCc2ccc3c(n2)NCCC3)C(=O)O)cc1. The molecule has 0 saturated carbocycles. The Morgan fingerprint density at radius 2 is 1.88 bits per heavy atom. The average Bonchev–Trinajstić information content (AvgIpc) is 2.82. The number of carbonyl (C=O) groups is 3. The van der Waals surface area contributed by atoms with Gasteiger partial charge in [0, 0.05) is 25.2 Å². The van der Waals surface area contributed by atoms with Gasteiger partial charge in [-0.3, -0.25) is 9.59 Å². The Kier molecular flexibility index (Phi) is 9.43. The Hall–Kier alpha value is -3.42. The van der Waals surface area contributed by atoms with Crippen LogP contribution in [0.1, 0.15) is 54.5 Å². The minimum Gasteiger partial charge on any atom is -0.480 e. The number of carbonyl (C=O) groups excluding carboxylic acids is 2. The van der Waals surface area contributed by atoms with Crippen molar-refractivity contribution in [2.45, 2.75) is 64.3 Å². The van der Waals surface area contributed by atoms with Gasteiger partial charge in [0.15, 0.2) is 0 Å². The molecule has 0 fully saturated rings. The summed E-state index contributed by atoms with van der Waals surface area (Å²) in [5.74, 6) is -0.595. The molecule has 1 aromatic carbocycles. The van der Waals surface area contributed by atoms with Gasteiger partial charge in [-0.25, -0.2) is 9.78 Å². The molecule has 182 valence electrons. The molecule has 0 radical (unpaired) electrons. The quantitative estimate of drug-likeness (QED) is 0.357.